The van der Waals surface area contributed by atoms with Gasteiger partial charge in [-0.3, -0.25) is 4.79 Å². The SMILES string of the molecule is COc1ccc(-c2noc(CCC(=O)Oc3ccc(Br)cc3Cl)n2)cc1OC. The fraction of sp³-hybridized carbons (Fsp3) is 0.211. The number of aromatic nitrogens is 2. The Bertz CT molecular complexity index is 992. The minimum absolute atomic E-state index is 0.0694. The molecule has 0 bridgehead atoms. The largest absolute Gasteiger partial charge is 0.493 e. The van der Waals surface area contributed by atoms with Crippen molar-refractivity contribution < 1.29 is 23.5 Å². The Kier molecular flexibility index (Phi) is 6.53. The second kappa shape index (κ2) is 9.07. The van der Waals surface area contributed by atoms with Crippen molar-refractivity contribution in [3.63, 3.8) is 0 Å². The quantitative estimate of drug-likeness (QED) is 0.367. The van der Waals surface area contributed by atoms with Gasteiger partial charge in [-0.15, -0.1) is 0 Å². The van der Waals surface area contributed by atoms with Crippen molar-refractivity contribution in [2.24, 2.45) is 0 Å². The monoisotopic (exact) mass is 466 g/mol. The lowest BCUT2D eigenvalue weighted by Crippen LogP contribution is -2.09. The van der Waals surface area contributed by atoms with Gasteiger partial charge >= 0.3 is 5.97 Å². The van der Waals surface area contributed by atoms with Crippen molar-refractivity contribution in [2.75, 3.05) is 14.2 Å². The fourth-order valence-corrected chi connectivity index (χ4v) is 3.10. The lowest BCUT2D eigenvalue weighted by Gasteiger charge is -2.07. The molecule has 7 nitrogen and oxygen atoms in total. The Morgan fingerprint density at radius 3 is 2.57 bits per heavy atom. The Morgan fingerprint density at radius 1 is 1.11 bits per heavy atom. The van der Waals surface area contributed by atoms with Gasteiger partial charge in [-0.2, -0.15) is 4.98 Å². The first kappa shape index (κ1) is 20.2. The molecule has 0 aliphatic rings. The molecule has 146 valence electrons. The highest BCUT2D eigenvalue weighted by Crippen LogP contribution is 2.31. The third kappa shape index (κ3) is 4.82. The summed E-state index contributed by atoms with van der Waals surface area (Å²) in [5.41, 5.74) is 0.705. The third-order valence-electron chi connectivity index (χ3n) is 3.77. The molecule has 1 aromatic heterocycles. The molecular weight excluding hydrogens is 452 g/mol. The summed E-state index contributed by atoms with van der Waals surface area (Å²) in [6.45, 7) is 0. The number of benzene rings is 2. The van der Waals surface area contributed by atoms with Crippen molar-refractivity contribution in [3.05, 3.63) is 51.8 Å². The van der Waals surface area contributed by atoms with Crippen LogP contribution in [0.1, 0.15) is 12.3 Å². The average molecular weight is 468 g/mol. The molecule has 9 heteroatoms. The lowest BCUT2D eigenvalue weighted by molar-refractivity contribution is -0.134. The molecule has 0 aliphatic heterocycles. The maximum absolute atomic E-state index is 12.0. The van der Waals surface area contributed by atoms with Gasteiger partial charge in [0.2, 0.25) is 11.7 Å². The van der Waals surface area contributed by atoms with E-state index in [2.05, 4.69) is 26.1 Å². The van der Waals surface area contributed by atoms with E-state index in [1.807, 2.05) is 0 Å². The van der Waals surface area contributed by atoms with Gasteiger partial charge in [0.05, 0.1) is 25.7 Å². The molecule has 0 atom stereocenters. The van der Waals surface area contributed by atoms with E-state index in [0.29, 0.717) is 39.5 Å². The molecule has 0 radical (unpaired) electrons. The van der Waals surface area contributed by atoms with Crippen molar-refractivity contribution >= 4 is 33.5 Å². The van der Waals surface area contributed by atoms with E-state index >= 15 is 0 Å². The number of esters is 1. The van der Waals surface area contributed by atoms with Gasteiger partial charge in [0.15, 0.2) is 11.5 Å². The molecule has 0 saturated carbocycles. The molecule has 0 aliphatic carbocycles. The van der Waals surface area contributed by atoms with Crippen LogP contribution in [-0.4, -0.2) is 30.3 Å². The molecule has 3 aromatic rings. The minimum Gasteiger partial charge on any atom is -0.493 e. The first-order chi connectivity index (χ1) is 13.5. The van der Waals surface area contributed by atoms with Crippen LogP contribution in [0, 0.1) is 0 Å². The van der Waals surface area contributed by atoms with Crippen molar-refractivity contribution in [3.8, 4) is 28.6 Å². The van der Waals surface area contributed by atoms with Gasteiger partial charge in [0.25, 0.3) is 0 Å². The lowest BCUT2D eigenvalue weighted by atomic mass is 10.2. The van der Waals surface area contributed by atoms with Crippen molar-refractivity contribution in [1.82, 2.24) is 10.1 Å². The molecule has 1 heterocycles. The predicted octanol–water partition coefficient (Wildman–Crippen LogP) is 4.71. The Morgan fingerprint density at radius 2 is 1.86 bits per heavy atom. The number of ether oxygens (including phenoxy) is 3. The third-order valence-corrected chi connectivity index (χ3v) is 4.56. The minimum atomic E-state index is -0.449. The van der Waals surface area contributed by atoms with Crippen LogP contribution in [0.3, 0.4) is 0 Å². The van der Waals surface area contributed by atoms with E-state index in [9.17, 15) is 4.79 Å². The van der Waals surface area contributed by atoms with Gasteiger partial charge in [-0.05, 0) is 36.4 Å². The zero-order valence-corrected chi connectivity index (χ0v) is 17.4. The second-order valence-electron chi connectivity index (χ2n) is 5.63. The number of halogens is 2. The van der Waals surface area contributed by atoms with Crippen LogP contribution in [-0.2, 0) is 11.2 Å². The number of methoxy groups -OCH3 is 2. The smallest absolute Gasteiger partial charge is 0.311 e. The normalized spacial score (nSPS) is 10.6. The number of aryl methyl sites for hydroxylation is 1. The molecule has 2 aromatic carbocycles. The van der Waals surface area contributed by atoms with Gasteiger partial charge in [-0.1, -0.05) is 32.7 Å². The molecule has 0 unspecified atom stereocenters. The highest BCUT2D eigenvalue weighted by atomic mass is 79.9. The Hall–Kier alpha value is -2.58. The van der Waals surface area contributed by atoms with Crippen LogP contribution in [0.2, 0.25) is 5.02 Å². The molecule has 3 rings (SSSR count). The second-order valence-corrected chi connectivity index (χ2v) is 6.95. The summed E-state index contributed by atoms with van der Waals surface area (Å²) in [6.07, 6.45) is 0.313. The topological polar surface area (TPSA) is 83.7 Å². The Balaban J connectivity index is 1.62. The standard InChI is InChI=1S/C19H16BrClN2O5/c1-25-15-5-3-11(9-16(15)26-2)19-22-17(28-23-19)7-8-18(24)27-14-6-4-12(20)10-13(14)21/h3-6,9-10H,7-8H2,1-2H3. The van der Waals surface area contributed by atoms with Gasteiger partial charge in [0.1, 0.15) is 5.75 Å². The highest BCUT2D eigenvalue weighted by molar-refractivity contribution is 9.10. The van der Waals surface area contributed by atoms with E-state index in [-0.39, 0.29) is 12.8 Å². The summed E-state index contributed by atoms with van der Waals surface area (Å²) in [6, 6.07) is 10.3. The van der Waals surface area contributed by atoms with Crippen LogP contribution in [0.5, 0.6) is 17.2 Å². The Labute approximate surface area is 174 Å². The maximum atomic E-state index is 12.0. The summed E-state index contributed by atoms with van der Waals surface area (Å²) < 4.78 is 21.8. The van der Waals surface area contributed by atoms with Gasteiger partial charge in [0, 0.05) is 16.5 Å². The molecule has 28 heavy (non-hydrogen) atoms. The molecular formula is C19H16BrClN2O5. The summed E-state index contributed by atoms with van der Waals surface area (Å²) in [5.74, 6) is 1.72. The molecule has 0 spiro atoms. The number of carbonyl (C=O) groups excluding carboxylic acids is 1. The zero-order valence-electron chi connectivity index (χ0n) is 15.1. The first-order valence-corrected chi connectivity index (χ1v) is 9.38. The first-order valence-electron chi connectivity index (χ1n) is 8.21. The summed E-state index contributed by atoms with van der Waals surface area (Å²) >= 11 is 9.34. The molecule has 0 amide bonds. The fourth-order valence-electron chi connectivity index (χ4n) is 2.39. The summed E-state index contributed by atoms with van der Waals surface area (Å²) in [7, 11) is 3.11. The van der Waals surface area contributed by atoms with Crippen LogP contribution in [0.15, 0.2) is 45.4 Å². The molecule has 0 saturated heterocycles. The number of carbonyl (C=O) groups is 1. The number of hydrogen-bond donors (Lipinski definition) is 0. The van der Waals surface area contributed by atoms with Gasteiger partial charge in [-0.25, -0.2) is 0 Å². The molecule has 0 fully saturated rings. The van der Waals surface area contributed by atoms with E-state index in [1.165, 1.54) is 0 Å². The van der Waals surface area contributed by atoms with E-state index < -0.39 is 5.97 Å². The van der Waals surface area contributed by atoms with Crippen molar-refractivity contribution in [1.29, 1.82) is 0 Å². The van der Waals surface area contributed by atoms with Crippen LogP contribution < -0.4 is 14.2 Å². The number of nitrogens with zero attached hydrogens (tertiary/aromatic N) is 2. The zero-order chi connectivity index (χ0) is 20.1. The predicted molar refractivity (Wildman–Crippen MR) is 106 cm³/mol. The summed E-state index contributed by atoms with van der Waals surface area (Å²) in [4.78, 5) is 16.3. The van der Waals surface area contributed by atoms with E-state index in [0.717, 1.165) is 4.47 Å². The summed E-state index contributed by atoms with van der Waals surface area (Å²) in [5, 5.41) is 4.29. The van der Waals surface area contributed by atoms with Crippen LogP contribution in [0.4, 0.5) is 0 Å². The maximum Gasteiger partial charge on any atom is 0.311 e. The number of hydrogen-bond acceptors (Lipinski definition) is 7. The van der Waals surface area contributed by atoms with Crippen molar-refractivity contribution in [2.45, 2.75) is 12.8 Å². The van der Waals surface area contributed by atoms with E-state index in [1.54, 1.807) is 50.6 Å². The van der Waals surface area contributed by atoms with Crippen LogP contribution >= 0.6 is 27.5 Å². The molecule has 0 N–H and O–H groups in total. The number of rotatable bonds is 7. The van der Waals surface area contributed by atoms with Crippen LogP contribution in [0.25, 0.3) is 11.4 Å². The van der Waals surface area contributed by atoms with E-state index in [4.69, 9.17) is 30.3 Å². The van der Waals surface area contributed by atoms with Gasteiger partial charge < -0.3 is 18.7 Å². The average Bonchev–Trinajstić information content (AvgIpc) is 3.17. The highest BCUT2D eigenvalue weighted by Gasteiger charge is 2.15.